The van der Waals surface area contributed by atoms with Crippen molar-refractivity contribution < 1.29 is 4.39 Å². The molecular formula is C15H17ClFNS. The van der Waals surface area contributed by atoms with Gasteiger partial charge in [-0.15, -0.1) is 11.3 Å². The van der Waals surface area contributed by atoms with Crippen LogP contribution in [0.4, 0.5) is 4.39 Å². The van der Waals surface area contributed by atoms with Gasteiger partial charge in [-0.2, -0.15) is 0 Å². The van der Waals surface area contributed by atoms with E-state index in [2.05, 4.69) is 32.2 Å². The fourth-order valence-electron chi connectivity index (χ4n) is 2.24. The second-order valence-corrected chi connectivity index (χ2v) is 6.40. The smallest absolute Gasteiger partial charge is 0.141 e. The summed E-state index contributed by atoms with van der Waals surface area (Å²) < 4.78 is 13.3. The van der Waals surface area contributed by atoms with E-state index in [1.807, 2.05) is 0 Å². The number of thiophene rings is 1. The highest BCUT2D eigenvalue weighted by Crippen LogP contribution is 2.32. The standard InChI is InChI=1S/C15H17ClFNS/c1-4-18-15(12-7-9(2)19-10(12)3)11-5-6-14(17)13(16)8-11/h5-8,15,18H,4H2,1-3H3. The lowest BCUT2D eigenvalue weighted by atomic mass is 9.99. The van der Waals surface area contributed by atoms with E-state index in [1.54, 1.807) is 23.5 Å². The molecule has 19 heavy (non-hydrogen) atoms. The highest BCUT2D eigenvalue weighted by molar-refractivity contribution is 7.12. The molecule has 1 atom stereocenters. The Hall–Kier alpha value is -0.900. The Morgan fingerprint density at radius 1 is 1.32 bits per heavy atom. The summed E-state index contributed by atoms with van der Waals surface area (Å²) in [6.45, 7) is 7.12. The first-order valence-electron chi connectivity index (χ1n) is 6.28. The summed E-state index contributed by atoms with van der Waals surface area (Å²) in [5, 5.41) is 3.61. The van der Waals surface area contributed by atoms with Crippen LogP contribution < -0.4 is 5.32 Å². The van der Waals surface area contributed by atoms with Gasteiger partial charge in [0.05, 0.1) is 11.1 Å². The summed E-state index contributed by atoms with van der Waals surface area (Å²) in [4.78, 5) is 2.56. The largest absolute Gasteiger partial charge is 0.306 e. The summed E-state index contributed by atoms with van der Waals surface area (Å²) in [5.74, 6) is -0.376. The minimum atomic E-state index is -0.376. The van der Waals surface area contributed by atoms with Crippen LogP contribution in [0.5, 0.6) is 0 Å². The van der Waals surface area contributed by atoms with Crippen LogP contribution in [-0.4, -0.2) is 6.54 Å². The topological polar surface area (TPSA) is 12.0 Å². The maximum absolute atomic E-state index is 13.3. The Balaban J connectivity index is 2.44. The molecule has 1 heterocycles. The molecule has 2 rings (SSSR count). The van der Waals surface area contributed by atoms with Crippen LogP contribution in [0.25, 0.3) is 0 Å². The van der Waals surface area contributed by atoms with Crippen molar-refractivity contribution in [3.05, 3.63) is 56.0 Å². The van der Waals surface area contributed by atoms with E-state index in [0.717, 1.165) is 12.1 Å². The van der Waals surface area contributed by atoms with Gasteiger partial charge in [0.15, 0.2) is 0 Å². The van der Waals surface area contributed by atoms with E-state index < -0.39 is 0 Å². The highest BCUT2D eigenvalue weighted by atomic mass is 35.5. The van der Waals surface area contributed by atoms with Crippen molar-refractivity contribution in [1.82, 2.24) is 5.32 Å². The summed E-state index contributed by atoms with van der Waals surface area (Å²) in [7, 11) is 0. The molecule has 0 fully saturated rings. The van der Waals surface area contributed by atoms with E-state index in [-0.39, 0.29) is 16.9 Å². The summed E-state index contributed by atoms with van der Waals surface area (Å²) >= 11 is 7.67. The Morgan fingerprint density at radius 3 is 2.58 bits per heavy atom. The van der Waals surface area contributed by atoms with Gasteiger partial charge < -0.3 is 5.32 Å². The average Bonchev–Trinajstić information content (AvgIpc) is 2.69. The van der Waals surface area contributed by atoms with Crippen LogP contribution in [0, 0.1) is 19.7 Å². The van der Waals surface area contributed by atoms with E-state index >= 15 is 0 Å². The number of aryl methyl sites for hydroxylation is 2. The first-order chi connectivity index (χ1) is 9.02. The van der Waals surface area contributed by atoms with Crippen molar-refractivity contribution in [2.24, 2.45) is 0 Å². The molecule has 1 unspecified atom stereocenters. The van der Waals surface area contributed by atoms with Gasteiger partial charge in [-0.3, -0.25) is 0 Å². The van der Waals surface area contributed by atoms with Gasteiger partial charge in [0, 0.05) is 9.75 Å². The van der Waals surface area contributed by atoms with Crippen molar-refractivity contribution in [3.8, 4) is 0 Å². The van der Waals surface area contributed by atoms with Gasteiger partial charge >= 0.3 is 0 Å². The quantitative estimate of drug-likeness (QED) is 0.850. The van der Waals surface area contributed by atoms with Crippen molar-refractivity contribution in [2.75, 3.05) is 6.54 Å². The van der Waals surface area contributed by atoms with E-state index in [1.165, 1.54) is 21.4 Å². The predicted molar refractivity (Wildman–Crippen MR) is 80.7 cm³/mol. The molecule has 102 valence electrons. The highest BCUT2D eigenvalue weighted by Gasteiger charge is 2.18. The fraction of sp³-hybridized carbons (Fsp3) is 0.333. The van der Waals surface area contributed by atoms with E-state index in [4.69, 9.17) is 11.6 Å². The molecule has 0 bridgehead atoms. The molecule has 1 N–H and O–H groups in total. The molecule has 0 radical (unpaired) electrons. The monoisotopic (exact) mass is 297 g/mol. The van der Waals surface area contributed by atoms with Crippen LogP contribution in [0.15, 0.2) is 24.3 Å². The third-order valence-electron chi connectivity index (χ3n) is 3.08. The fourth-order valence-corrected chi connectivity index (χ4v) is 3.39. The van der Waals surface area contributed by atoms with Gasteiger partial charge in [0.2, 0.25) is 0 Å². The lowest BCUT2D eigenvalue weighted by Gasteiger charge is -2.19. The Bertz CT molecular complexity index is 580. The van der Waals surface area contributed by atoms with Crippen LogP contribution in [0.3, 0.4) is 0 Å². The van der Waals surface area contributed by atoms with Crippen molar-refractivity contribution in [2.45, 2.75) is 26.8 Å². The van der Waals surface area contributed by atoms with E-state index in [0.29, 0.717) is 0 Å². The number of nitrogens with one attached hydrogen (secondary N) is 1. The molecule has 0 saturated heterocycles. The molecule has 1 aromatic carbocycles. The van der Waals surface area contributed by atoms with Crippen LogP contribution in [0.1, 0.15) is 33.8 Å². The molecular weight excluding hydrogens is 281 g/mol. The average molecular weight is 298 g/mol. The lowest BCUT2D eigenvalue weighted by molar-refractivity contribution is 0.613. The second-order valence-electron chi connectivity index (χ2n) is 4.53. The Kier molecular flexibility index (Phi) is 4.61. The molecule has 1 nitrogen and oxygen atoms in total. The third-order valence-corrected chi connectivity index (χ3v) is 4.35. The SMILES string of the molecule is CCNC(c1ccc(F)c(Cl)c1)c1cc(C)sc1C. The summed E-state index contributed by atoms with van der Waals surface area (Å²) in [6.07, 6.45) is 0. The number of hydrogen-bond acceptors (Lipinski definition) is 2. The van der Waals surface area contributed by atoms with Crippen LogP contribution in [0.2, 0.25) is 5.02 Å². The molecule has 0 aliphatic rings. The molecule has 2 aromatic rings. The first-order valence-corrected chi connectivity index (χ1v) is 7.47. The van der Waals surface area contributed by atoms with Crippen molar-refractivity contribution in [3.63, 3.8) is 0 Å². The first kappa shape index (κ1) is 14.5. The van der Waals surface area contributed by atoms with Gasteiger partial charge in [-0.05, 0) is 49.7 Å². The number of benzene rings is 1. The number of hydrogen-bond donors (Lipinski definition) is 1. The van der Waals surface area contributed by atoms with E-state index in [9.17, 15) is 4.39 Å². The molecule has 0 saturated carbocycles. The van der Waals surface area contributed by atoms with Crippen molar-refractivity contribution >= 4 is 22.9 Å². The normalized spacial score (nSPS) is 12.7. The Labute approximate surface area is 122 Å². The summed E-state index contributed by atoms with van der Waals surface area (Å²) in [6, 6.07) is 7.17. The predicted octanol–water partition coefficient (Wildman–Crippen LogP) is 4.86. The van der Waals surface area contributed by atoms with Crippen LogP contribution in [-0.2, 0) is 0 Å². The molecule has 0 aliphatic heterocycles. The molecule has 0 aliphatic carbocycles. The second kappa shape index (κ2) is 6.04. The zero-order chi connectivity index (χ0) is 14.0. The van der Waals surface area contributed by atoms with Gasteiger partial charge in [-0.25, -0.2) is 4.39 Å². The van der Waals surface area contributed by atoms with Crippen LogP contribution >= 0.6 is 22.9 Å². The lowest BCUT2D eigenvalue weighted by Crippen LogP contribution is -2.22. The zero-order valence-electron chi connectivity index (χ0n) is 11.3. The maximum atomic E-state index is 13.3. The molecule has 4 heteroatoms. The number of halogens is 2. The minimum absolute atomic E-state index is 0.0630. The van der Waals surface area contributed by atoms with Gasteiger partial charge in [0.1, 0.15) is 5.82 Å². The van der Waals surface area contributed by atoms with Gasteiger partial charge in [0.25, 0.3) is 0 Å². The minimum Gasteiger partial charge on any atom is -0.306 e. The molecule has 0 amide bonds. The molecule has 0 spiro atoms. The summed E-state index contributed by atoms with van der Waals surface area (Å²) in [5.41, 5.74) is 2.24. The zero-order valence-corrected chi connectivity index (χ0v) is 12.8. The number of rotatable bonds is 4. The van der Waals surface area contributed by atoms with Crippen molar-refractivity contribution in [1.29, 1.82) is 0 Å². The third kappa shape index (κ3) is 3.16. The van der Waals surface area contributed by atoms with Gasteiger partial charge in [-0.1, -0.05) is 24.6 Å². The molecule has 1 aromatic heterocycles. The maximum Gasteiger partial charge on any atom is 0.141 e. The Morgan fingerprint density at radius 2 is 2.05 bits per heavy atom.